The van der Waals surface area contributed by atoms with Crippen LogP contribution < -0.4 is 5.73 Å². The largest absolute Gasteiger partial charge is 0.375 e. The zero-order valence-electron chi connectivity index (χ0n) is 6.66. The highest BCUT2D eigenvalue weighted by molar-refractivity contribution is 6.31. The van der Waals surface area contributed by atoms with Gasteiger partial charge in [-0.2, -0.15) is 0 Å². The summed E-state index contributed by atoms with van der Waals surface area (Å²) in [5.41, 5.74) is 6.20. The molecule has 1 aromatic heterocycles. The number of pyridine rings is 1. The van der Waals surface area contributed by atoms with Crippen LogP contribution in [0.1, 0.15) is 5.56 Å². The molecular formula is C8H11ClN2O. The molecule has 0 bridgehead atoms. The maximum atomic E-state index is 5.83. The fraction of sp³-hybridized carbons (Fsp3) is 0.375. The molecule has 0 amide bonds. The molecule has 4 heteroatoms. The van der Waals surface area contributed by atoms with E-state index in [1.165, 1.54) is 0 Å². The van der Waals surface area contributed by atoms with Crippen molar-refractivity contribution in [3.05, 3.63) is 29.0 Å². The highest BCUT2D eigenvalue weighted by atomic mass is 35.5. The van der Waals surface area contributed by atoms with Crippen molar-refractivity contribution in [3.8, 4) is 0 Å². The molecule has 0 spiro atoms. The minimum Gasteiger partial charge on any atom is -0.375 e. The molecule has 1 heterocycles. The van der Waals surface area contributed by atoms with Crippen LogP contribution in [0.4, 0.5) is 0 Å². The Balaban J connectivity index is 2.46. The third kappa shape index (κ3) is 2.77. The Morgan fingerprint density at radius 1 is 1.58 bits per heavy atom. The van der Waals surface area contributed by atoms with E-state index in [1.54, 1.807) is 12.4 Å². The lowest BCUT2D eigenvalue weighted by molar-refractivity contribution is 0.128. The van der Waals surface area contributed by atoms with E-state index in [1.807, 2.05) is 6.07 Å². The molecule has 0 saturated heterocycles. The van der Waals surface area contributed by atoms with E-state index >= 15 is 0 Å². The summed E-state index contributed by atoms with van der Waals surface area (Å²) in [7, 11) is 0. The quantitative estimate of drug-likeness (QED) is 0.720. The van der Waals surface area contributed by atoms with Crippen molar-refractivity contribution in [2.45, 2.75) is 6.61 Å². The summed E-state index contributed by atoms with van der Waals surface area (Å²) in [4.78, 5) is 3.86. The fourth-order valence-electron chi connectivity index (χ4n) is 0.787. The summed E-state index contributed by atoms with van der Waals surface area (Å²) in [5.74, 6) is 0. The number of halogens is 1. The Hall–Kier alpha value is -0.640. The van der Waals surface area contributed by atoms with Gasteiger partial charge < -0.3 is 10.5 Å². The van der Waals surface area contributed by atoms with Gasteiger partial charge in [-0.3, -0.25) is 4.98 Å². The van der Waals surface area contributed by atoms with Gasteiger partial charge in [0.15, 0.2) is 0 Å². The molecule has 0 atom stereocenters. The first-order chi connectivity index (χ1) is 5.84. The van der Waals surface area contributed by atoms with Gasteiger partial charge in [-0.25, -0.2) is 0 Å². The molecule has 2 N–H and O–H groups in total. The molecule has 66 valence electrons. The van der Waals surface area contributed by atoms with Crippen molar-refractivity contribution < 1.29 is 4.74 Å². The van der Waals surface area contributed by atoms with Crippen molar-refractivity contribution >= 4 is 11.6 Å². The molecule has 3 nitrogen and oxygen atoms in total. The van der Waals surface area contributed by atoms with E-state index < -0.39 is 0 Å². The van der Waals surface area contributed by atoms with Gasteiger partial charge in [-0.05, 0) is 11.6 Å². The van der Waals surface area contributed by atoms with E-state index in [2.05, 4.69) is 4.98 Å². The first kappa shape index (κ1) is 9.45. The highest BCUT2D eigenvalue weighted by Crippen LogP contribution is 2.13. The monoisotopic (exact) mass is 186 g/mol. The fourth-order valence-corrected chi connectivity index (χ4v) is 0.960. The predicted molar refractivity (Wildman–Crippen MR) is 48.0 cm³/mol. The number of rotatable bonds is 4. The minimum absolute atomic E-state index is 0.499. The molecule has 0 unspecified atom stereocenters. The summed E-state index contributed by atoms with van der Waals surface area (Å²) in [6.07, 6.45) is 3.29. The summed E-state index contributed by atoms with van der Waals surface area (Å²) >= 11 is 5.83. The van der Waals surface area contributed by atoms with Crippen LogP contribution >= 0.6 is 11.6 Å². The average molecular weight is 187 g/mol. The number of hydrogen-bond donors (Lipinski definition) is 1. The molecule has 1 aromatic rings. The third-order valence-electron chi connectivity index (χ3n) is 1.38. The van der Waals surface area contributed by atoms with Crippen LogP contribution in [0.3, 0.4) is 0 Å². The maximum absolute atomic E-state index is 5.83. The van der Waals surface area contributed by atoms with Gasteiger partial charge in [-0.15, -0.1) is 0 Å². The Morgan fingerprint density at radius 3 is 3.08 bits per heavy atom. The van der Waals surface area contributed by atoms with Gasteiger partial charge in [0, 0.05) is 18.9 Å². The standard InChI is InChI=1S/C8H11ClN2O/c9-8-5-11-3-1-7(8)6-12-4-2-10/h1,3,5H,2,4,6,10H2. The Morgan fingerprint density at radius 2 is 2.42 bits per heavy atom. The minimum atomic E-state index is 0.499. The second kappa shape index (κ2) is 5.09. The van der Waals surface area contributed by atoms with Gasteiger partial charge >= 0.3 is 0 Å². The van der Waals surface area contributed by atoms with Crippen LogP contribution in [-0.2, 0) is 11.3 Å². The van der Waals surface area contributed by atoms with Gasteiger partial charge in [0.25, 0.3) is 0 Å². The number of ether oxygens (including phenoxy) is 1. The van der Waals surface area contributed by atoms with Crippen molar-refractivity contribution in [2.24, 2.45) is 5.73 Å². The number of hydrogen-bond acceptors (Lipinski definition) is 3. The first-order valence-electron chi connectivity index (χ1n) is 3.71. The Kier molecular flexibility index (Phi) is 4.00. The van der Waals surface area contributed by atoms with E-state index in [0.29, 0.717) is 24.8 Å². The van der Waals surface area contributed by atoms with Gasteiger partial charge in [-0.1, -0.05) is 11.6 Å². The predicted octanol–water partition coefficient (Wildman–Crippen LogP) is 1.21. The molecule has 0 fully saturated rings. The van der Waals surface area contributed by atoms with Gasteiger partial charge in [0.1, 0.15) is 0 Å². The highest BCUT2D eigenvalue weighted by Gasteiger charge is 1.97. The van der Waals surface area contributed by atoms with Crippen LogP contribution in [0, 0.1) is 0 Å². The zero-order chi connectivity index (χ0) is 8.81. The van der Waals surface area contributed by atoms with Gasteiger partial charge in [0.05, 0.1) is 18.2 Å². The van der Waals surface area contributed by atoms with Crippen molar-refractivity contribution in [3.63, 3.8) is 0 Å². The Bertz CT molecular complexity index is 242. The smallest absolute Gasteiger partial charge is 0.0733 e. The number of nitrogens with zero attached hydrogens (tertiary/aromatic N) is 1. The molecule has 0 saturated carbocycles. The van der Waals surface area contributed by atoms with Crippen molar-refractivity contribution in [1.29, 1.82) is 0 Å². The SMILES string of the molecule is NCCOCc1ccncc1Cl. The molecule has 0 aliphatic rings. The van der Waals surface area contributed by atoms with Crippen LogP contribution in [0.5, 0.6) is 0 Å². The van der Waals surface area contributed by atoms with E-state index in [4.69, 9.17) is 22.1 Å². The summed E-state index contributed by atoms with van der Waals surface area (Å²) in [6.45, 7) is 1.58. The van der Waals surface area contributed by atoms with Crippen LogP contribution in [0.15, 0.2) is 18.5 Å². The normalized spacial score (nSPS) is 10.2. The molecule has 0 aliphatic heterocycles. The van der Waals surface area contributed by atoms with E-state index in [9.17, 15) is 0 Å². The molecule has 0 radical (unpaired) electrons. The third-order valence-corrected chi connectivity index (χ3v) is 1.72. The lowest BCUT2D eigenvalue weighted by atomic mass is 10.3. The second-order valence-corrected chi connectivity index (χ2v) is 2.72. The van der Waals surface area contributed by atoms with Crippen LogP contribution in [0.2, 0.25) is 5.02 Å². The summed E-state index contributed by atoms with van der Waals surface area (Å²) in [5, 5.41) is 0.634. The summed E-state index contributed by atoms with van der Waals surface area (Å²) in [6, 6.07) is 1.83. The molecule has 0 aliphatic carbocycles. The first-order valence-corrected chi connectivity index (χ1v) is 4.08. The number of nitrogens with two attached hydrogens (primary N) is 1. The average Bonchev–Trinajstić information content (AvgIpc) is 2.09. The van der Waals surface area contributed by atoms with E-state index in [0.717, 1.165) is 5.56 Å². The van der Waals surface area contributed by atoms with E-state index in [-0.39, 0.29) is 0 Å². The number of aromatic nitrogens is 1. The van der Waals surface area contributed by atoms with Crippen molar-refractivity contribution in [1.82, 2.24) is 4.98 Å². The lowest BCUT2D eigenvalue weighted by Gasteiger charge is -2.03. The van der Waals surface area contributed by atoms with Crippen molar-refractivity contribution in [2.75, 3.05) is 13.2 Å². The molecule has 0 aromatic carbocycles. The molecule has 1 rings (SSSR count). The van der Waals surface area contributed by atoms with Gasteiger partial charge in [0.2, 0.25) is 0 Å². The second-order valence-electron chi connectivity index (χ2n) is 2.31. The van der Waals surface area contributed by atoms with Crippen LogP contribution in [-0.4, -0.2) is 18.1 Å². The zero-order valence-corrected chi connectivity index (χ0v) is 7.42. The molecule has 12 heavy (non-hydrogen) atoms. The topological polar surface area (TPSA) is 48.1 Å². The summed E-state index contributed by atoms with van der Waals surface area (Å²) < 4.78 is 5.21. The molecular weight excluding hydrogens is 176 g/mol. The lowest BCUT2D eigenvalue weighted by Crippen LogP contribution is -2.08. The van der Waals surface area contributed by atoms with Crippen LogP contribution in [0.25, 0.3) is 0 Å². The maximum Gasteiger partial charge on any atom is 0.0733 e. The Labute approximate surface area is 76.5 Å².